The lowest BCUT2D eigenvalue weighted by molar-refractivity contribution is 0.102. The summed E-state index contributed by atoms with van der Waals surface area (Å²) >= 11 is 11.8. The van der Waals surface area contributed by atoms with Gasteiger partial charge in [0.15, 0.2) is 0 Å². The van der Waals surface area contributed by atoms with Crippen molar-refractivity contribution in [2.75, 3.05) is 21.9 Å². The first kappa shape index (κ1) is 17.1. The van der Waals surface area contributed by atoms with Gasteiger partial charge in [-0.3, -0.25) is 9.10 Å². The van der Waals surface area contributed by atoms with Crippen molar-refractivity contribution in [1.29, 1.82) is 0 Å². The standard InChI is InChI=1S/C16H14Cl2N2O3S/c17-11-2-7-14(15(18)10-11)16(21)19-12-3-5-13(6-4-12)20-8-1-9-24(20,22)23/h2-7,10H,1,8-9H2,(H,19,21). The van der Waals surface area contributed by atoms with Gasteiger partial charge in [0.25, 0.3) is 5.91 Å². The Balaban J connectivity index is 1.76. The van der Waals surface area contributed by atoms with Crippen molar-refractivity contribution in [2.24, 2.45) is 0 Å². The Kier molecular flexibility index (Phi) is 4.71. The lowest BCUT2D eigenvalue weighted by Crippen LogP contribution is -2.25. The summed E-state index contributed by atoms with van der Waals surface area (Å²) < 4.78 is 25.2. The smallest absolute Gasteiger partial charge is 0.257 e. The molecule has 2 aromatic carbocycles. The number of anilines is 2. The number of rotatable bonds is 3. The van der Waals surface area contributed by atoms with E-state index in [1.807, 2.05) is 0 Å². The Bertz CT molecular complexity index is 883. The number of hydrogen-bond acceptors (Lipinski definition) is 3. The van der Waals surface area contributed by atoms with Gasteiger partial charge in [0, 0.05) is 17.3 Å². The summed E-state index contributed by atoms with van der Waals surface area (Å²) in [6, 6.07) is 11.3. The second kappa shape index (κ2) is 6.63. The molecular formula is C16H14Cl2N2O3S. The molecule has 1 amide bonds. The van der Waals surface area contributed by atoms with Gasteiger partial charge in [0.05, 0.1) is 22.0 Å². The summed E-state index contributed by atoms with van der Waals surface area (Å²) in [4.78, 5) is 12.2. The van der Waals surface area contributed by atoms with Gasteiger partial charge in [-0.1, -0.05) is 23.2 Å². The van der Waals surface area contributed by atoms with Crippen LogP contribution in [0, 0.1) is 0 Å². The average molecular weight is 385 g/mol. The number of hydrogen-bond donors (Lipinski definition) is 1. The molecule has 8 heteroatoms. The van der Waals surface area contributed by atoms with Crippen molar-refractivity contribution in [3.8, 4) is 0 Å². The van der Waals surface area contributed by atoms with E-state index in [0.29, 0.717) is 34.9 Å². The van der Waals surface area contributed by atoms with E-state index in [2.05, 4.69) is 5.32 Å². The number of amides is 1. The number of carbonyl (C=O) groups is 1. The van der Waals surface area contributed by atoms with E-state index in [0.717, 1.165) is 0 Å². The minimum atomic E-state index is -3.21. The van der Waals surface area contributed by atoms with Crippen LogP contribution in [0.25, 0.3) is 0 Å². The normalized spacial score (nSPS) is 16.2. The van der Waals surface area contributed by atoms with Crippen molar-refractivity contribution in [3.05, 3.63) is 58.1 Å². The highest BCUT2D eigenvalue weighted by atomic mass is 35.5. The fourth-order valence-corrected chi connectivity index (χ4v) is 4.57. The number of halogens is 2. The first-order valence-electron chi connectivity index (χ1n) is 7.24. The minimum absolute atomic E-state index is 0.167. The zero-order valence-corrected chi connectivity index (χ0v) is 14.8. The molecule has 1 aliphatic rings. The zero-order valence-electron chi connectivity index (χ0n) is 12.5. The number of benzene rings is 2. The largest absolute Gasteiger partial charge is 0.322 e. The quantitative estimate of drug-likeness (QED) is 0.875. The minimum Gasteiger partial charge on any atom is -0.322 e. The number of sulfonamides is 1. The third-order valence-electron chi connectivity index (χ3n) is 3.69. The van der Waals surface area contributed by atoms with E-state index < -0.39 is 10.0 Å². The fraction of sp³-hybridized carbons (Fsp3) is 0.188. The van der Waals surface area contributed by atoms with E-state index in [4.69, 9.17) is 23.2 Å². The molecule has 0 spiro atoms. The van der Waals surface area contributed by atoms with Crippen LogP contribution in [0.3, 0.4) is 0 Å². The highest BCUT2D eigenvalue weighted by Crippen LogP contribution is 2.26. The number of nitrogens with one attached hydrogen (secondary N) is 1. The Labute approximate surface area is 150 Å². The Morgan fingerprint density at radius 2 is 1.79 bits per heavy atom. The predicted molar refractivity (Wildman–Crippen MR) is 96.6 cm³/mol. The van der Waals surface area contributed by atoms with Gasteiger partial charge in [-0.25, -0.2) is 8.42 Å². The number of carbonyl (C=O) groups excluding carboxylic acids is 1. The van der Waals surface area contributed by atoms with Crippen molar-refractivity contribution < 1.29 is 13.2 Å². The maximum absolute atomic E-state index is 12.2. The van der Waals surface area contributed by atoms with Crippen LogP contribution in [0.1, 0.15) is 16.8 Å². The molecule has 0 saturated carbocycles. The second-order valence-corrected chi connectivity index (χ2v) is 8.22. The lowest BCUT2D eigenvalue weighted by atomic mass is 10.2. The van der Waals surface area contributed by atoms with Gasteiger partial charge in [-0.05, 0) is 48.9 Å². The van der Waals surface area contributed by atoms with E-state index in [-0.39, 0.29) is 16.7 Å². The SMILES string of the molecule is O=C(Nc1ccc(N2CCCS2(=O)=O)cc1)c1ccc(Cl)cc1Cl. The van der Waals surface area contributed by atoms with Crippen molar-refractivity contribution >= 4 is 50.5 Å². The third-order valence-corrected chi connectivity index (χ3v) is 6.11. The average Bonchev–Trinajstić information content (AvgIpc) is 2.87. The van der Waals surface area contributed by atoms with Gasteiger partial charge < -0.3 is 5.32 Å². The molecule has 0 unspecified atom stereocenters. The molecule has 0 aromatic heterocycles. The van der Waals surface area contributed by atoms with E-state index in [9.17, 15) is 13.2 Å². The summed E-state index contributed by atoms with van der Waals surface area (Å²) in [6.45, 7) is 0.481. The van der Waals surface area contributed by atoms with Gasteiger partial charge in [-0.2, -0.15) is 0 Å². The molecule has 1 saturated heterocycles. The highest BCUT2D eigenvalue weighted by molar-refractivity contribution is 7.93. The van der Waals surface area contributed by atoms with Crippen LogP contribution in [0.5, 0.6) is 0 Å². The monoisotopic (exact) mass is 384 g/mol. The molecule has 126 valence electrons. The summed E-state index contributed by atoms with van der Waals surface area (Å²) in [7, 11) is -3.21. The lowest BCUT2D eigenvalue weighted by Gasteiger charge is -2.17. The summed E-state index contributed by atoms with van der Waals surface area (Å²) in [5.74, 6) is -0.196. The zero-order chi connectivity index (χ0) is 17.3. The first-order chi connectivity index (χ1) is 11.4. The molecule has 2 aromatic rings. The topological polar surface area (TPSA) is 66.5 Å². The molecule has 24 heavy (non-hydrogen) atoms. The molecule has 0 atom stereocenters. The van der Waals surface area contributed by atoms with Crippen LogP contribution >= 0.6 is 23.2 Å². The van der Waals surface area contributed by atoms with Crippen LogP contribution in [0.2, 0.25) is 10.0 Å². The van der Waals surface area contributed by atoms with Gasteiger partial charge in [0.2, 0.25) is 10.0 Å². The van der Waals surface area contributed by atoms with Crippen LogP contribution < -0.4 is 9.62 Å². The molecule has 5 nitrogen and oxygen atoms in total. The number of nitrogens with zero attached hydrogens (tertiary/aromatic N) is 1. The molecule has 3 rings (SSSR count). The summed E-state index contributed by atoms with van der Waals surface area (Å²) in [5, 5.41) is 3.44. The van der Waals surface area contributed by atoms with Crippen molar-refractivity contribution in [1.82, 2.24) is 0 Å². The fourth-order valence-electron chi connectivity index (χ4n) is 2.51. The maximum Gasteiger partial charge on any atom is 0.257 e. The van der Waals surface area contributed by atoms with E-state index in [1.54, 1.807) is 36.4 Å². The first-order valence-corrected chi connectivity index (χ1v) is 9.60. The molecule has 0 bridgehead atoms. The molecular weight excluding hydrogens is 371 g/mol. The van der Waals surface area contributed by atoms with Crippen LogP contribution in [-0.2, 0) is 10.0 Å². The van der Waals surface area contributed by atoms with Crippen LogP contribution in [0.4, 0.5) is 11.4 Å². The van der Waals surface area contributed by atoms with E-state index in [1.165, 1.54) is 10.4 Å². The molecule has 1 aliphatic heterocycles. The second-order valence-electron chi connectivity index (χ2n) is 5.37. The predicted octanol–water partition coefficient (Wildman–Crippen LogP) is 3.79. The van der Waals surface area contributed by atoms with Crippen molar-refractivity contribution in [3.63, 3.8) is 0 Å². The van der Waals surface area contributed by atoms with Crippen LogP contribution in [-0.4, -0.2) is 26.6 Å². The Hall–Kier alpha value is -1.76. The third kappa shape index (κ3) is 3.50. The molecule has 0 radical (unpaired) electrons. The Morgan fingerprint density at radius 3 is 2.38 bits per heavy atom. The summed E-state index contributed by atoms with van der Waals surface area (Å²) in [6.07, 6.45) is 0.621. The highest BCUT2D eigenvalue weighted by Gasteiger charge is 2.28. The molecule has 1 heterocycles. The van der Waals surface area contributed by atoms with Crippen LogP contribution in [0.15, 0.2) is 42.5 Å². The van der Waals surface area contributed by atoms with E-state index >= 15 is 0 Å². The molecule has 1 N–H and O–H groups in total. The molecule has 1 fully saturated rings. The maximum atomic E-state index is 12.2. The Morgan fingerprint density at radius 1 is 1.08 bits per heavy atom. The molecule has 0 aliphatic carbocycles. The van der Waals surface area contributed by atoms with Gasteiger partial charge in [0.1, 0.15) is 0 Å². The van der Waals surface area contributed by atoms with Gasteiger partial charge >= 0.3 is 0 Å². The van der Waals surface area contributed by atoms with Crippen molar-refractivity contribution in [2.45, 2.75) is 6.42 Å². The van der Waals surface area contributed by atoms with Gasteiger partial charge in [-0.15, -0.1) is 0 Å². The summed E-state index contributed by atoms with van der Waals surface area (Å²) in [5.41, 5.74) is 1.45.